The predicted octanol–water partition coefficient (Wildman–Crippen LogP) is 4.16. The Labute approximate surface area is 128 Å². The number of esters is 1. The van der Waals surface area contributed by atoms with E-state index in [1.54, 1.807) is 0 Å². The summed E-state index contributed by atoms with van der Waals surface area (Å²) in [6.45, 7) is 2.10. The summed E-state index contributed by atoms with van der Waals surface area (Å²) >= 11 is 0. The standard InChI is InChI=1S/C18H19NO3/c1-3-4-7-11-10-14-15(16(17(11)20)18(21)22-2)12-8-5-6-9-13(12)19-14/h5-6,8-10,19-20H,3-4,7H2,1-2H3. The first-order valence-electron chi connectivity index (χ1n) is 7.51. The van der Waals surface area contributed by atoms with Crippen molar-refractivity contribution in [3.63, 3.8) is 0 Å². The maximum Gasteiger partial charge on any atom is 0.342 e. The van der Waals surface area contributed by atoms with Crippen LogP contribution in [-0.2, 0) is 11.2 Å². The number of H-pyrrole nitrogens is 1. The van der Waals surface area contributed by atoms with Gasteiger partial charge in [0, 0.05) is 21.8 Å². The molecule has 0 unspecified atom stereocenters. The molecule has 3 rings (SSSR count). The highest BCUT2D eigenvalue weighted by atomic mass is 16.5. The first-order chi connectivity index (χ1) is 10.7. The minimum Gasteiger partial charge on any atom is -0.507 e. The lowest BCUT2D eigenvalue weighted by Crippen LogP contribution is -2.04. The molecule has 0 saturated carbocycles. The molecule has 0 amide bonds. The summed E-state index contributed by atoms with van der Waals surface area (Å²) in [5.41, 5.74) is 2.82. The number of hydrogen-bond donors (Lipinski definition) is 2. The molecule has 4 heteroatoms. The summed E-state index contributed by atoms with van der Waals surface area (Å²) in [5, 5.41) is 12.2. The van der Waals surface area contributed by atoms with Crippen molar-refractivity contribution >= 4 is 27.8 Å². The Hall–Kier alpha value is -2.49. The van der Waals surface area contributed by atoms with E-state index in [-0.39, 0.29) is 11.3 Å². The first-order valence-corrected chi connectivity index (χ1v) is 7.51. The number of ether oxygens (including phenoxy) is 1. The summed E-state index contributed by atoms with van der Waals surface area (Å²) in [5.74, 6) is -0.469. The predicted molar refractivity (Wildman–Crippen MR) is 87.4 cm³/mol. The lowest BCUT2D eigenvalue weighted by atomic mass is 9.98. The number of aromatic nitrogens is 1. The van der Waals surface area contributed by atoms with Crippen LogP contribution in [0.1, 0.15) is 35.7 Å². The lowest BCUT2D eigenvalue weighted by Gasteiger charge is -2.10. The van der Waals surface area contributed by atoms with Gasteiger partial charge in [-0.15, -0.1) is 0 Å². The maximum absolute atomic E-state index is 12.2. The van der Waals surface area contributed by atoms with Gasteiger partial charge in [-0.05, 0) is 30.5 Å². The van der Waals surface area contributed by atoms with Gasteiger partial charge in [-0.3, -0.25) is 0 Å². The van der Waals surface area contributed by atoms with Crippen molar-refractivity contribution in [3.05, 3.63) is 41.5 Å². The van der Waals surface area contributed by atoms with Crippen molar-refractivity contribution in [1.82, 2.24) is 4.98 Å². The van der Waals surface area contributed by atoms with Crippen molar-refractivity contribution < 1.29 is 14.6 Å². The summed E-state index contributed by atoms with van der Waals surface area (Å²) in [6, 6.07) is 9.68. The van der Waals surface area contributed by atoms with Crippen LogP contribution in [0.3, 0.4) is 0 Å². The summed E-state index contributed by atoms with van der Waals surface area (Å²) in [4.78, 5) is 15.5. The maximum atomic E-state index is 12.2. The number of carbonyl (C=O) groups excluding carboxylic acids is 1. The second-order valence-electron chi connectivity index (χ2n) is 5.45. The number of unbranched alkanes of at least 4 members (excludes halogenated alkanes) is 1. The van der Waals surface area contributed by atoms with E-state index in [2.05, 4.69) is 11.9 Å². The second-order valence-corrected chi connectivity index (χ2v) is 5.45. The largest absolute Gasteiger partial charge is 0.507 e. The Kier molecular flexibility index (Phi) is 3.75. The Morgan fingerprint density at radius 3 is 2.77 bits per heavy atom. The number of phenols is 1. The molecule has 22 heavy (non-hydrogen) atoms. The van der Waals surface area contributed by atoms with E-state index in [4.69, 9.17) is 4.74 Å². The molecule has 1 aromatic heterocycles. The number of fused-ring (bicyclic) bond motifs is 3. The Bertz CT molecular complexity index is 848. The van der Waals surface area contributed by atoms with Gasteiger partial charge < -0.3 is 14.8 Å². The molecular formula is C18H19NO3. The van der Waals surface area contributed by atoms with Crippen LogP contribution in [0.2, 0.25) is 0 Å². The molecular weight excluding hydrogens is 278 g/mol. The molecule has 3 aromatic rings. The number of aryl methyl sites for hydroxylation is 1. The molecule has 2 aromatic carbocycles. The third-order valence-corrected chi connectivity index (χ3v) is 4.03. The van der Waals surface area contributed by atoms with Crippen molar-refractivity contribution in [2.24, 2.45) is 0 Å². The highest BCUT2D eigenvalue weighted by molar-refractivity contribution is 6.18. The van der Waals surface area contributed by atoms with Crippen LogP contribution in [0, 0.1) is 0 Å². The Morgan fingerprint density at radius 1 is 1.27 bits per heavy atom. The molecule has 0 fully saturated rings. The van der Waals surface area contributed by atoms with E-state index in [1.807, 2.05) is 30.3 Å². The van der Waals surface area contributed by atoms with E-state index in [0.29, 0.717) is 0 Å². The molecule has 0 radical (unpaired) electrons. The lowest BCUT2D eigenvalue weighted by molar-refractivity contribution is 0.0599. The molecule has 114 valence electrons. The van der Waals surface area contributed by atoms with Gasteiger partial charge in [-0.1, -0.05) is 31.5 Å². The topological polar surface area (TPSA) is 62.3 Å². The molecule has 0 aliphatic heterocycles. The number of benzene rings is 2. The van der Waals surface area contributed by atoms with E-state index in [9.17, 15) is 9.90 Å². The summed E-state index contributed by atoms with van der Waals surface area (Å²) in [7, 11) is 1.33. The molecule has 0 spiro atoms. The van der Waals surface area contributed by atoms with Gasteiger partial charge in [0.1, 0.15) is 11.3 Å². The SMILES string of the molecule is CCCCc1cc2[nH]c3ccccc3c2c(C(=O)OC)c1O. The van der Waals surface area contributed by atoms with Gasteiger partial charge in [0.25, 0.3) is 0 Å². The van der Waals surface area contributed by atoms with Crippen molar-refractivity contribution in [2.45, 2.75) is 26.2 Å². The Balaban J connectivity index is 2.36. The number of aromatic hydroxyl groups is 1. The van der Waals surface area contributed by atoms with Crippen LogP contribution in [0.4, 0.5) is 0 Å². The fraction of sp³-hybridized carbons (Fsp3) is 0.278. The number of aromatic amines is 1. The number of methoxy groups -OCH3 is 1. The van der Waals surface area contributed by atoms with Crippen molar-refractivity contribution in [2.75, 3.05) is 7.11 Å². The average molecular weight is 297 g/mol. The van der Waals surface area contributed by atoms with Crippen LogP contribution >= 0.6 is 0 Å². The first kappa shape index (κ1) is 14.4. The molecule has 0 saturated heterocycles. The number of para-hydroxylation sites is 1. The van der Waals surface area contributed by atoms with Crippen LogP contribution in [0.5, 0.6) is 5.75 Å². The summed E-state index contributed by atoms with van der Waals surface area (Å²) < 4.78 is 4.89. The van der Waals surface area contributed by atoms with Crippen LogP contribution in [0.25, 0.3) is 21.8 Å². The van der Waals surface area contributed by atoms with Gasteiger partial charge in [0.15, 0.2) is 0 Å². The zero-order valence-corrected chi connectivity index (χ0v) is 12.8. The second kappa shape index (κ2) is 5.72. The number of nitrogens with one attached hydrogen (secondary N) is 1. The third kappa shape index (κ3) is 2.21. The number of carbonyl (C=O) groups is 1. The molecule has 2 N–H and O–H groups in total. The normalized spacial score (nSPS) is 11.2. The monoisotopic (exact) mass is 297 g/mol. The molecule has 4 nitrogen and oxygen atoms in total. The zero-order valence-electron chi connectivity index (χ0n) is 12.8. The quantitative estimate of drug-likeness (QED) is 0.711. The smallest absolute Gasteiger partial charge is 0.342 e. The van der Waals surface area contributed by atoms with E-state index >= 15 is 0 Å². The van der Waals surface area contributed by atoms with E-state index in [1.165, 1.54) is 7.11 Å². The number of hydrogen-bond acceptors (Lipinski definition) is 3. The number of phenolic OH excluding ortho intramolecular Hbond substituents is 1. The van der Waals surface area contributed by atoms with Crippen molar-refractivity contribution in [1.29, 1.82) is 0 Å². The minimum atomic E-state index is -0.509. The summed E-state index contributed by atoms with van der Waals surface area (Å²) in [6.07, 6.45) is 2.72. The van der Waals surface area contributed by atoms with Crippen LogP contribution < -0.4 is 0 Å². The van der Waals surface area contributed by atoms with Gasteiger partial charge in [-0.25, -0.2) is 4.79 Å². The van der Waals surface area contributed by atoms with Gasteiger partial charge in [-0.2, -0.15) is 0 Å². The minimum absolute atomic E-state index is 0.0394. The molecule has 0 aliphatic rings. The highest BCUT2D eigenvalue weighted by Crippen LogP contribution is 2.37. The van der Waals surface area contributed by atoms with Gasteiger partial charge in [0.05, 0.1) is 7.11 Å². The van der Waals surface area contributed by atoms with Gasteiger partial charge >= 0.3 is 5.97 Å². The Morgan fingerprint density at radius 2 is 2.05 bits per heavy atom. The van der Waals surface area contributed by atoms with Crippen molar-refractivity contribution in [3.8, 4) is 5.75 Å². The zero-order chi connectivity index (χ0) is 15.7. The van der Waals surface area contributed by atoms with Crippen LogP contribution in [0.15, 0.2) is 30.3 Å². The molecule has 0 atom stereocenters. The molecule has 0 aliphatic carbocycles. The number of rotatable bonds is 4. The van der Waals surface area contributed by atoms with E-state index < -0.39 is 5.97 Å². The highest BCUT2D eigenvalue weighted by Gasteiger charge is 2.22. The van der Waals surface area contributed by atoms with Crippen LogP contribution in [-0.4, -0.2) is 23.2 Å². The van der Waals surface area contributed by atoms with E-state index in [0.717, 1.165) is 46.6 Å². The molecule has 0 bridgehead atoms. The fourth-order valence-corrected chi connectivity index (χ4v) is 2.92. The van der Waals surface area contributed by atoms with Gasteiger partial charge in [0.2, 0.25) is 0 Å². The molecule has 1 heterocycles. The average Bonchev–Trinajstić information content (AvgIpc) is 2.90. The third-order valence-electron chi connectivity index (χ3n) is 4.03. The fourth-order valence-electron chi connectivity index (χ4n) is 2.92.